The van der Waals surface area contributed by atoms with Crippen molar-refractivity contribution in [1.82, 2.24) is 5.32 Å². The van der Waals surface area contributed by atoms with Crippen LogP contribution in [-0.4, -0.2) is 36.4 Å². The van der Waals surface area contributed by atoms with Crippen molar-refractivity contribution in [3.63, 3.8) is 0 Å². The van der Waals surface area contributed by atoms with Crippen molar-refractivity contribution in [3.8, 4) is 0 Å². The Kier molecular flexibility index (Phi) is 5.77. The summed E-state index contributed by atoms with van der Waals surface area (Å²) in [7, 11) is 0. The second kappa shape index (κ2) is 6.86. The maximum absolute atomic E-state index is 10.3. The van der Waals surface area contributed by atoms with E-state index < -0.39 is 5.97 Å². The van der Waals surface area contributed by atoms with Gasteiger partial charge in [0.1, 0.15) is 0 Å². The maximum Gasteiger partial charge on any atom is 0.303 e. The molecule has 0 amide bonds. The number of carboxylic acid groups (broad SMARTS) is 1. The first-order valence-corrected chi connectivity index (χ1v) is 6.19. The second-order valence-electron chi connectivity index (χ2n) is 4.78. The molecule has 4 heteroatoms. The number of unbranched alkanes of at least 4 members (excludes halogenated alkanes) is 2. The summed E-state index contributed by atoms with van der Waals surface area (Å²) < 4.78 is 5.66. The molecule has 0 radical (unpaired) electrons. The summed E-state index contributed by atoms with van der Waals surface area (Å²) in [6.45, 7) is 4.90. The lowest BCUT2D eigenvalue weighted by Gasteiger charge is -2.23. The van der Waals surface area contributed by atoms with Crippen molar-refractivity contribution in [2.45, 2.75) is 51.0 Å². The monoisotopic (exact) mass is 229 g/mol. The van der Waals surface area contributed by atoms with Crippen LogP contribution in [0.4, 0.5) is 0 Å². The Morgan fingerprint density at radius 1 is 1.44 bits per heavy atom. The van der Waals surface area contributed by atoms with Gasteiger partial charge in [0.05, 0.1) is 5.60 Å². The number of hydrogen-bond donors (Lipinski definition) is 2. The van der Waals surface area contributed by atoms with Crippen molar-refractivity contribution in [2.75, 3.05) is 19.7 Å². The molecule has 1 heterocycles. The van der Waals surface area contributed by atoms with E-state index in [2.05, 4.69) is 12.2 Å². The van der Waals surface area contributed by atoms with E-state index in [1.165, 1.54) is 0 Å². The Morgan fingerprint density at radius 2 is 2.25 bits per heavy atom. The molecular weight excluding hydrogens is 206 g/mol. The minimum Gasteiger partial charge on any atom is -0.481 e. The number of nitrogens with one attached hydrogen (secondary N) is 1. The van der Waals surface area contributed by atoms with Gasteiger partial charge in [-0.2, -0.15) is 0 Å². The number of rotatable bonds is 8. The molecule has 4 nitrogen and oxygen atoms in total. The quantitative estimate of drug-likeness (QED) is 0.623. The fourth-order valence-corrected chi connectivity index (χ4v) is 2.03. The third-order valence-electron chi connectivity index (χ3n) is 3.04. The molecule has 1 rings (SSSR count). The number of carboxylic acids is 1. The highest BCUT2D eigenvalue weighted by Crippen LogP contribution is 2.23. The van der Waals surface area contributed by atoms with Crippen LogP contribution in [0.2, 0.25) is 0 Å². The molecule has 0 aromatic rings. The second-order valence-corrected chi connectivity index (χ2v) is 4.78. The zero-order valence-electron chi connectivity index (χ0n) is 10.1. The number of hydrogen-bond acceptors (Lipinski definition) is 3. The third-order valence-corrected chi connectivity index (χ3v) is 3.04. The molecule has 16 heavy (non-hydrogen) atoms. The maximum atomic E-state index is 10.3. The summed E-state index contributed by atoms with van der Waals surface area (Å²) >= 11 is 0. The molecule has 2 N–H and O–H groups in total. The summed E-state index contributed by atoms with van der Waals surface area (Å²) in [4.78, 5) is 10.3. The SMILES string of the molecule is CC1(CNCCCCCC(=O)O)CCCO1. The van der Waals surface area contributed by atoms with Gasteiger partial charge < -0.3 is 15.2 Å². The van der Waals surface area contributed by atoms with Crippen molar-refractivity contribution >= 4 is 5.97 Å². The van der Waals surface area contributed by atoms with Gasteiger partial charge in [-0.05, 0) is 39.2 Å². The van der Waals surface area contributed by atoms with Gasteiger partial charge in [0.25, 0.3) is 0 Å². The highest BCUT2D eigenvalue weighted by Gasteiger charge is 2.28. The smallest absolute Gasteiger partial charge is 0.303 e. The van der Waals surface area contributed by atoms with Crippen LogP contribution in [0.15, 0.2) is 0 Å². The standard InChI is InChI=1S/C12H23NO3/c1-12(7-5-9-16-12)10-13-8-4-2-3-6-11(14)15/h13H,2-10H2,1H3,(H,14,15). The van der Waals surface area contributed by atoms with Crippen molar-refractivity contribution in [2.24, 2.45) is 0 Å². The Bertz CT molecular complexity index is 212. The summed E-state index contributed by atoms with van der Waals surface area (Å²) in [6.07, 6.45) is 5.40. The predicted molar refractivity (Wildman–Crippen MR) is 62.6 cm³/mol. The topological polar surface area (TPSA) is 58.6 Å². The number of carbonyl (C=O) groups is 1. The van der Waals surface area contributed by atoms with Gasteiger partial charge in [0, 0.05) is 19.6 Å². The molecule has 0 aliphatic carbocycles. The molecule has 94 valence electrons. The van der Waals surface area contributed by atoms with E-state index in [-0.39, 0.29) is 5.60 Å². The molecule has 0 saturated carbocycles. The molecule has 0 aromatic carbocycles. The normalized spacial score (nSPS) is 24.8. The molecule has 0 aromatic heterocycles. The zero-order chi connectivity index (χ0) is 11.9. The van der Waals surface area contributed by atoms with Gasteiger partial charge in [-0.25, -0.2) is 0 Å². The van der Waals surface area contributed by atoms with Gasteiger partial charge in [0.2, 0.25) is 0 Å². The summed E-state index contributed by atoms with van der Waals surface area (Å²) in [6, 6.07) is 0. The van der Waals surface area contributed by atoms with Gasteiger partial charge in [-0.3, -0.25) is 4.79 Å². The molecule has 0 bridgehead atoms. The largest absolute Gasteiger partial charge is 0.481 e. The predicted octanol–water partition coefficient (Wildman–Crippen LogP) is 1.79. The summed E-state index contributed by atoms with van der Waals surface area (Å²) in [5.41, 5.74) is 0.0288. The molecule has 1 aliphatic rings. The van der Waals surface area contributed by atoms with Crippen LogP contribution in [0.5, 0.6) is 0 Å². The number of aliphatic carboxylic acids is 1. The van der Waals surface area contributed by atoms with E-state index in [1.807, 2.05) is 0 Å². The zero-order valence-corrected chi connectivity index (χ0v) is 10.1. The molecule has 0 spiro atoms. The average Bonchev–Trinajstić information content (AvgIpc) is 2.64. The minimum atomic E-state index is -0.695. The lowest BCUT2D eigenvalue weighted by Crippen LogP contribution is -2.37. The molecule has 1 atom stereocenters. The molecular formula is C12H23NO3. The van der Waals surface area contributed by atoms with E-state index in [9.17, 15) is 4.79 Å². The Labute approximate surface area is 97.4 Å². The fourth-order valence-electron chi connectivity index (χ4n) is 2.03. The van der Waals surface area contributed by atoms with E-state index >= 15 is 0 Å². The van der Waals surface area contributed by atoms with Gasteiger partial charge >= 0.3 is 5.97 Å². The van der Waals surface area contributed by atoms with Crippen LogP contribution in [0.3, 0.4) is 0 Å². The van der Waals surface area contributed by atoms with E-state index in [1.54, 1.807) is 0 Å². The van der Waals surface area contributed by atoms with Crippen LogP contribution >= 0.6 is 0 Å². The average molecular weight is 229 g/mol. The van der Waals surface area contributed by atoms with Gasteiger partial charge in [0.15, 0.2) is 0 Å². The Hall–Kier alpha value is -0.610. The highest BCUT2D eigenvalue weighted by atomic mass is 16.5. The van der Waals surface area contributed by atoms with Gasteiger partial charge in [-0.1, -0.05) is 6.42 Å². The third kappa shape index (κ3) is 5.47. The minimum absolute atomic E-state index is 0.0288. The van der Waals surface area contributed by atoms with Crippen molar-refractivity contribution in [1.29, 1.82) is 0 Å². The van der Waals surface area contributed by atoms with Crippen LogP contribution in [-0.2, 0) is 9.53 Å². The first kappa shape index (κ1) is 13.5. The van der Waals surface area contributed by atoms with Gasteiger partial charge in [-0.15, -0.1) is 0 Å². The van der Waals surface area contributed by atoms with E-state index in [4.69, 9.17) is 9.84 Å². The lowest BCUT2D eigenvalue weighted by molar-refractivity contribution is -0.137. The fraction of sp³-hybridized carbons (Fsp3) is 0.917. The highest BCUT2D eigenvalue weighted by molar-refractivity contribution is 5.66. The van der Waals surface area contributed by atoms with Crippen LogP contribution < -0.4 is 5.32 Å². The summed E-state index contributed by atoms with van der Waals surface area (Å²) in [5, 5.41) is 11.8. The van der Waals surface area contributed by atoms with E-state index in [0.29, 0.717) is 6.42 Å². The van der Waals surface area contributed by atoms with Crippen LogP contribution in [0.1, 0.15) is 45.4 Å². The van der Waals surface area contributed by atoms with Crippen molar-refractivity contribution < 1.29 is 14.6 Å². The lowest BCUT2D eigenvalue weighted by atomic mass is 10.0. The van der Waals surface area contributed by atoms with E-state index in [0.717, 1.165) is 51.8 Å². The molecule has 1 saturated heterocycles. The molecule has 1 fully saturated rings. The Balaban J connectivity index is 1.90. The summed E-state index contributed by atoms with van der Waals surface area (Å²) in [5.74, 6) is -0.695. The number of ether oxygens (including phenoxy) is 1. The first-order chi connectivity index (χ1) is 7.62. The molecule has 1 unspecified atom stereocenters. The van der Waals surface area contributed by atoms with Crippen molar-refractivity contribution in [3.05, 3.63) is 0 Å². The Morgan fingerprint density at radius 3 is 2.88 bits per heavy atom. The van der Waals surface area contributed by atoms with Crippen LogP contribution in [0.25, 0.3) is 0 Å². The first-order valence-electron chi connectivity index (χ1n) is 6.19. The van der Waals surface area contributed by atoms with Crippen LogP contribution in [0, 0.1) is 0 Å². The molecule has 1 aliphatic heterocycles.